The van der Waals surface area contributed by atoms with Crippen LogP contribution in [0.25, 0.3) is 11.1 Å². The molecule has 0 radical (unpaired) electrons. The predicted molar refractivity (Wildman–Crippen MR) is 177 cm³/mol. The lowest BCUT2D eigenvalue weighted by Gasteiger charge is -2.48. The van der Waals surface area contributed by atoms with Gasteiger partial charge in [0, 0.05) is 27.6 Å². The third-order valence-electron chi connectivity index (χ3n) is 9.70. The summed E-state index contributed by atoms with van der Waals surface area (Å²) in [4.78, 5) is 2.45. The van der Waals surface area contributed by atoms with E-state index in [1.165, 1.54) is 61.6 Å². The second-order valence-electron chi connectivity index (χ2n) is 13.1. The largest absolute Gasteiger partial charge is 0.457 e. The van der Waals surface area contributed by atoms with Crippen LogP contribution in [-0.2, 0) is 17.3 Å². The fraction of sp³-hybridized carbons (Fsp3) is 0.171. The van der Waals surface area contributed by atoms with E-state index in [2.05, 4.69) is 154 Å². The van der Waals surface area contributed by atoms with Crippen LogP contribution in [0.1, 0.15) is 49.9 Å². The molecule has 0 aromatic heterocycles. The summed E-state index contributed by atoms with van der Waals surface area (Å²) in [6, 6.07) is 43.7. The zero-order chi connectivity index (χ0) is 29.3. The summed E-state index contributed by atoms with van der Waals surface area (Å²) in [6.07, 6.45) is 3.31. The molecule has 210 valence electrons. The van der Waals surface area contributed by atoms with Gasteiger partial charge in [-0.25, -0.2) is 0 Å². The molecule has 2 aliphatic heterocycles. The van der Waals surface area contributed by atoms with Crippen LogP contribution in [0, 0.1) is 0 Å². The monoisotopic (exact) mass is 557 g/mol. The molecule has 2 nitrogen and oxygen atoms in total. The Morgan fingerprint density at radius 1 is 0.581 bits per heavy atom. The molecule has 0 bridgehead atoms. The lowest BCUT2D eigenvalue weighted by Crippen LogP contribution is -2.38. The summed E-state index contributed by atoms with van der Waals surface area (Å²) in [7, 11) is 0. The molecule has 1 aliphatic carbocycles. The first-order valence-electron chi connectivity index (χ1n) is 15.2. The van der Waals surface area contributed by atoms with Gasteiger partial charge in [-0.1, -0.05) is 119 Å². The molecule has 0 atom stereocenters. The quantitative estimate of drug-likeness (QED) is 0.218. The molecular weight excluding hydrogens is 522 g/mol. The molecule has 2 heterocycles. The van der Waals surface area contributed by atoms with Crippen molar-refractivity contribution in [1.82, 2.24) is 0 Å². The average molecular weight is 558 g/mol. The SMILES string of the molecule is CC1(C)C2=C(C=C2Cc2ccc3c(c2)C(C)(C)c2ccccc2O3)N(c2ccc(-c3ccccc3)cc2)c2ccccc21. The lowest BCUT2D eigenvalue weighted by atomic mass is 9.65. The van der Waals surface area contributed by atoms with Crippen molar-refractivity contribution in [3.63, 3.8) is 0 Å². The maximum absolute atomic E-state index is 6.34. The van der Waals surface area contributed by atoms with Crippen molar-refractivity contribution < 1.29 is 4.74 Å². The molecule has 5 aromatic rings. The van der Waals surface area contributed by atoms with E-state index in [0.29, 0.717) is 0 Å². The number of hydrogen-bond donors (Lipinski definition) is 0. The van der Waals surface area contributed by atoms with Crippen molar-refractivity contribution in [2.24, 2.45) is 0 Å². The fourth-order valence-corrected chi connectivity index (χ4v) is 7.43. The van der Waals surface area contributed by atoms with Crippen LogP contribution in [0.2, 0.25) is 0 Å². The van der Waals surface area contributed by atoms with Gasteiger partial charge < -0.3 is 9.64 Å². The van der Waals surface area contributed by atoms with Crippen LogP contribution < -0.4 is 9.64 Å². The third kappa shape index (κ3) is 3.93. The lowest BCUT2D eigenvalue weighted by molar-refractivity contribution is 0.417. The van der Waals surface area contributed by atoms with E-state index >= 15 is 0 Å². The highest BCUT2D eigenvalue weighted by Gasteiger charge is 2.43. The number of benzene rings is 5. The van der Waals surface area contributed by atoms with E-state index in [4.69, 9.17) is 4.74 Å². The molecule has 0 unspecified atom stereocenters. The van der Waals surface area contributed by atoms with Crippen molar-refractivity contribution in [2.45, 2.75) is 44.9 Å². The van der Waals surface area contributed by atoms with Gasteiger partial charge in [-0.05, 0) is 76.2 Å². The minimum absolute atomic E-state index is 0.0913. The van der Waals surface area contributed by atoms with Gasteiger partial charge in [0.05, 0.1) is 11.4 Å². The van der Waals surface area contributed by atoms with Gasteiger partial charge in [-0.3, -0.25) is 0 Å². The minimum atomic E-state index is -0.121. The molecule has 0 saturated heterocycles. The first kappa shape index (κ1) is 25.9. The molecule has 0 spiro atoms. The van der Waals surface area contributed by atoms with Gasteiger partial charge in [0.2, 0.25) is 0 Å². The molecule has 0 fully saturated rings. The Kier molecular flexibility index (Phi) is 5.62. The van der Waals surface area contributed by atoms with E-state index in [0.717, 1.165) is 17.9 Å². The normalized spacial score (nSPS) is 17.0. The second-order valence-corrected chi connectivity index (χ2v) is 13.1. The molecule has 0 amide bonds. The molecule has 43 heavy (non-hydrogen) atoms. The third-order valence-corrected chi connectivity index (χ3v) is 9.70. The number of para-hydroxylation sites is 2. The molecule has 8 rings (SSSR count). The number of anilines is 2. The number of rotatable bonds is 4. The summed E-state index contributed by atoms with van der Waals surface area (Å²) < 4.78 is 6.34. The Morgan fingerprint density at radius 3 is 2.02 bits per heavy atom. The van der Waals surface area contributed by atoms with Crippen LogP contribution in [0.4, 0.5) is 11.4 Å². The average Bonchev–Trinajstić information content (AvgIpc) is 3.01. The van der Waals surface area contributed by atoms with E-state index in [9.17, 15) is 0 Å². The zero-order valence-corrected chi connectivity index (χ0v) is 25.2. The summed E-state index contributed by atoms with van der Waals surface area (Å²) in [5.41, 5.74) is 14.1. The molecule has 5 aromatic carbocycles. The number of fused-ring (bicyclic) bond motifs is 3. The van der Waals surface area contributed by atoms with Crippen LogP contribution in [0.15, 0.2) is 144 Å². The highest BCUT2D eigenvalue weighted by molar-refractivity contribution is 5.84. The van der Waals surface area contributed by atoms with Crippen molar-refractivity contribution in [1.29, 1.82) is 0 Å². The first-order chi connectivity index (χ1) is 20.8. The highest BCUT2D eigenvalue weighted by atomic mass is 16.5. The zero-order valence-electron chi connectivity index (χ0n) is 25.2. The Balaban J connectivity index is 1.15. The van der Waals surface area contributed by atoms with Crippen molar-refractivity contribution in [3.05, 3.63) is 167 Å². The van der Waals surface area contributed by atoms with Gasteiger partial charge in [-0.2, -0.15) is 0 Å². The second kappa shape index (κ2) is 9.34. The van der Waals surface area contributed by atoms with Gasteiger partial charge in [0.25, 0.3) is 0 Å². The summed E-state index contributed by atoms with van der Waals surface area (Å²) in [5.74, 6) is 1.93. The number of hydrogen-bond acceptors (Lipinski definition) is 2. The standard InChI is InChI=1S/C41H35NO/c1-40(2)33-15-9-11-17-37(33)43-38-23-18-27(25-34(38)40)24-30-26-36-39(30)41(3,4)32-14-8-10-16-35(32)42(36)31-21-19-29(20-22-31)28-12-6-5-7-13-28/h5-23,25-26H,24H2,1-4H3. The van der Waals surface area contributed by atoms with Crippen LogP contribution in [0.3, 0.4) is 0 Å². The molecule has 0 saturated carbocycles. The van der Waals surface area contributed by atoms with E-state index in [1.54, 1.807) is 0 Å². The Bertz CT molecular complexity index is 1960. The summed E-state index contributed by atoms with van der Waals surface area (Å²) in [5, 5.41) is 0. The number of allylic oxidation sites excluding steroid dienone is 3. The fourth-order valence-electron chi connectivity index (χ4n) is 7.43. The van der Waals surface area contributed by atoms with Crippen molar-refractivity contribution in [3.8, 4) is 22.6 Å². The summed E-state index contributed by atoms with van der Waals surface area (Å²) >= 11 is 0. The summed E-state index contributed by atoms with van der Waals surface area (Å²) in [6.45, 7) is 9.38. The van der Waals surface area contributed by atoms with Crippen molar-refractivity contribution in [2.75, 3.05) is 4.90 Å². The predicted octanol–water partition coefficient (Wildman–Crippen LogP) is 10.7. The Morgan fingerprint density at radius 2 is 1.23 bits per heavy atom. The highest BCUT2D eigenvalue weighted by Crippen LogP contribution is 2.55. The van der Waals surface area contributed by atoms with Crippen LogP contribution >= 0.6 is 0 Å². The molecule has 0 N–H and O–H groups in total. The minimum Gasteiger partial charge on any atom is -0.457 e. The molecule has 3 aliphatic rings. The molecular formula is C41H35NO. The smallest absolute Gasteiger partial charge is 0.131 e. The number of nitrogens with zero attached hydrogens (tertiary/aromatic N) is 1. The van der Waals surface area contributed by atoms with Gasteiger partial charge in [-0.15, -0.1) is 0 Å². The van der Waals surface area contributed by atoms with E-state index in [1.807, 2.05) is 6.07 Å². The maximum Gasteiger partial charge on any atom is 0.131 e. The van der Waals surface area contributed by atoms with E-state index < -0.39 is 0 Å². The van der Waals surface area contributed by atoms with Gasteiger partial charge >= 0.3 is 0 Å². The van der Waals surface area contributed by atoms with Gasteiger partial charge in [0.15, 0.2) is 0 Å². The topological polar surface area (TPSA) is 12.5 Å². The van der Waals surface area contributed by atoms with Crippen LogP contribution in [-0.4, -0.2) is 0 Å². The van der Waals surface area contributed by atoms with Crippen molar-refractivity contribution >= 4 is 11.4 Å². The Hall–Kier alpha value is -4.82. The van der Waals surface area contributed by atoms with E-state index in [-0.39, 0.29) is 10.8 Å². The molecule has 2 heteroatoms. The van der Waals surface area contributed by atoms with Gasteiger partial charge in [0.1, 0.15) is 11.5 Å². The number of ether oxygens (including phenoxy) is 1. The maximum atomic E-state index is 6.34. The van der Waals surface area contributed by atoms with Crippen LogP contribution in [0.5, 0.6) is 11.5 Å². The Labute approximate surface area is 254 Å². The first-order valence-corrected chi connectivity index (χ1v) is 15.2.